The molecule has 0 aromatic heterocycles. The van der Waals surface area contributed by atoms with Gasteiger partial charge in [0.05, 0.1) is 18.1 Å². The van der Waals surface area contributed by atoms with Crippen LogP contribution >= 0.6 is 0 Å². The Morgan fingerprint density at radius 2 is 2.05 bits per heavy atom. The Balaban J connectivity index is 2.27. The molecule has 1 N–H and O–H groups in total. The highest BCUT2D eigenvalue weighted by Gasteiger charge is 2.48. The van der Waals surface area contributed by atoms with Crippen molar-refractivity contribution in [1.82, 2.24) is 10.2 Å². The number of nitrogens with one attached hydrogen (secondary N) is 1. The molecule has 2 rings (SSSR count). The Morgan fingerprint density at radius 1 is 1.38 bits per heavy atom. The van der Waals surface area contributed by atoms with E-state index >= 15 is 0 Å². The topological polar surface area (TPSA) is 102 Å². The minimum Gasteiger partial charge on any atom is -0.382 e. The van der Waals surface area contributed by atoms with Gasteiger partial charge in [0.15, 0.2) is 0 Å². The Labute approximate surface area is 120 Å². The van der Waals surface area contributed by atoms with E-state index in [9.17, 15) is 19.7 Å². The predicted octanol–water partition coefficient (Wildman–Crippen LogP) is 1.05. The number of imide groups is 1. The van der Waals surface area contributed by atoms with Crippen LogP contribution in [0.25, 0.3) is 0 Å². The zero-order valence-electron chi connectivity index (χ0n) is 11.7. The van der Waals surface area contributed by atoms with Crippen molar-refractivity contribution in [3.05, 3.63) is 39.9 Å². The molecule has 1 aromatic rings. The third kappa shape index (κ3) is 2.70. The van der Waals surface area contributed by atoms with Crippen LogP contribution in [-0.2, 0) is 16.1 Å². The molecule has 0 spiro atoms. The number of nitro benzene ring substituents is 1. The summed E-state index contributed by atoms with van der Waals surface area (Å²) in [5, 5.41) is 13.5. The molecule has 1 aliphatic rings. The summed E-state index contributed by atoms with van der Waals surface area (Å²) in [4.78, 5) is 35.6. The molecule has 1 heterocycles. The maximum Gasteiger partial charge on any atom is 0.325 e. The molecule has 8 heteroatoms. The number of carbonyl (C=O) groups is 2. The van der Waals surface area contributed by atoms with E-state index in [1.165, 1.54) is 25.3 Å². The third-order valence-corrected chi connectivity index (χ3v) is 3.29. The standard InChI is InChI=1S/C13H15N3O5/c1-13(8-21-2)11(17)15(12(18)14-13)7-9-5-3-4-6-10(9)16(19)20/h3-6H,7-8H2,1-2H3,(H,14,18)/t13-/m0/s1. The molecule has 3 amide bonds. The molecule has 0 unspecified atom stereocenters. The zero-order valence-corrected chi connectivity index (χ0v) is 11.7. The van der Waals surface area contributed by atoms with Gasteiger partial charge in [-0.25, -0.2) is 4.79 Å². The first-order valence-electron chi connectivity index (χ1n) is 6.24. The van der Waals surface area contributed by atoms with E-state index in [1.54, 1.807) is 13.0 Å². The van der Waals surface area contributed by atoms with E-state index in [2.05, 4.69) is 5.32 Å². The molecule has 1 fully saturated rings. The van der Waals surface area contributed by atoms with Crippen LogP contribution in [-0.4, -0.2) is 41.0 Å². The van der Waals surface area contributed by atoms with Gasteiger partial charge in [-0.3, -0.25) is 19.8 Å². The largest absolute Gasteiger partial charge is 0.382 e. The molecule has 0 bridgehead atoms. The second-order valence-electron chi connectivity index (χ2n) is 4.97. The molecule has 8 nitrogen and oxygen atoms in total. The Morgan fingerprint density at radius 3 is 2.67 bits per heavy atom. The van der Waals surface area contributed by atoms with Crippen LogP contribution in [0.3, 0.4) is 0 Å². The minimum absolute atomic E-state index is 0.0327. The van der Waals surface area contributed by atoms with Gasteiger partial charge in [-0.2, -0.15) is 0 Å². The van der Waals surface area contributed by atoms with Crippen LogP contribution in [0.5, 0.6) is 0 Å². The molecule has 21 heavy (non-hydrogen) atoms. The number of urea groups is 1. The number of methoxy groups -OCH3 is 1. The first-order valence-corrected chi connectivity index (χ1v) is 6.24. The van der Waals surface area contributed by atoms with Gasteiger partial charge in [0, 0.05) is 18.7 Å². The molecular weight excluding hydrogens is 278 g/mol. The minimum atomic E-state index is -1.14. The summed E-state index contributed by atoms with van der Waals surface area (Å²) in [5.41, 5.74) is -0.971. The summed E-state index contributed by atoms with van der Waals surface area (Å²) in [6.45, 7) is 1.43. The van der Waals surface area contributed by atoms with Crippen LogP contribution < -0.4 is 5.32 Å². The Kier molecular flexibility index (Phi) is 3.90. The molecule has 112 valence electrons. The van der Waals surface area contributed by atoms with Gasteiger partial charge >= 0.3 is 6.03 Å². The fourth-order valence-electron chi connectivity index (χ4n) is 2.27. The lowest BCUT2D eigenvalue weighted by atomic mass is 10.0. The van der Waals surface area contributed by atoms with Crippen molar-refractivity contribution in [3.63, 3.8) is 0 Å². The van der Waals surface area contributed by atoms with Crippen LogP contribution in [0.4, 0.5) is 10.5 Å². The number of nitro groups is 1. The number of hydrogen-bond acceptors (Lipinski definition) is 5. The van der Waals surface area contributed by atoms with Crippen LogP contribution in [0.15, 0.2) is 24.3 Å². The summed E-state index contributed by atoms with van der Waals surface area (Å²) >= 11 is 0. The number of ether oxygens (including phenoxy) is 1. The van der Waals surface area contributed by atoms with Crippen molar-refractivity contribution in [1.29, 1.82) is 0 Å². The highest BCUT2D eigenvalue weighted by atomic mass is 16.6. The van der Waals surface area contributed by atoms with Gasteiger partial charge in [-0.1, -0.05) is 18.2 Å². The molecule has 1 aromatic carbocycles. The van der Waals surface area contributed by atoms with Crippen molar-refractivity contribution in [2.45, 2.75) is 19.0 Å². The number of hydrogen-bond donors (Lipinski definition) is 1. The molecular formula is C13H15N3O5. The maximum absolute atomic E-state index is 12.3. The van der Waals surface area contributed by atoms with E-state index < -0.39 is 22.4 Å². The van der Waals surface area contributed by atoms with Crippen molar-refractivity contribution in [2.24, 2.45) is 0 Å². The number of carbonyl (C=O) groups excluding carboxylic acids is 2. The SMILES string of the molecule is COC[C@]1(C)NC(=O)N(Cc2ccccc2[N+](=O)[O-])C1=O. The normalized spacial score (nSPS) is 21.5. The third-order valence-electron chi connectivity index (χ3n) is 3.29. The van der Waals surface area contributed by atoms with E-state index in [0.29, 0.717) is 5.56 Å². The van der Waals surface area contributed by atoms with Crippen molar-refractivity contribution >= 4 is 17.6 Å². The summed E-state index contributed by atoms with van der Waals surface area (Å²) in [6, 6.07) is 5.42. The lowest BCUT2D eigenvalue weighted by molar-refractivity contribution is -0.385. The quantitative estimate of drug-likeness (QED) is 0.496. The number of rotatable bonds is 5. The van der Waals surface area contributed by atoms with Crippen molar-refractivity contribution in [3.8, 4) is 0 Å². The fourth-order valence-corrected chi connectivity index (χ4v) is 2.27. The maximum atomic E-state index is 12.3. The first-order chi connectivity index (χ1) is 9.89. The van der Waals surface area contributed by atoms with Crippen LogP contribution in [0.2, 0.25) is 0 Å². The van der Waals surface area contributed by atoms with E-state index in [0.717, 1.165) is 4.90 Å². The summed E-state index contributed by atoms with van der Waals surface area (Å²) < 4.78 is 4.94. The van der Waals surface area contributed by atoms with Crippen LogP contribution in [0.1, 0.15) is 12.5 Å². The summed E-state index contributed by atoms with van der Waals surface area (Å²) in [5.74, 6) is -0.465. The number of nitrogens with zero attached hydrogens (tertiary/aromatic N) is 2. The number of benzene rings is 1. The highest BCUT2D eigenvalue weighted by molar-refractivity contribution is 6.06. The van der Waals surface area contributed by atoms with Gasteiger partial charge < -0.3 is 10.1 Å². The van der Waals surface area contributed by atoms with E-state index in [1.807, 2.05) is 0 Å². The van der Waals surface area contributed by atoms with E-state index in [4.69, 9.17) is 4.74 Å². The molecule has 1 atom stereocenters. The monoisotopic (exact) mass is 293 g/mol. The second kappa shape index (κ2) is 5.49. The fraction of sp³-hybridized carbons (Fsp3) is 0.385. The molecule has 1 aliphatic heterocycles. The molecule has 0 radical (unpaired) electrons. The lowest BCUT2D eigenvalue weighted by Crippen LogP contribution is -2.47. The highest BCUT2D eigenvalue weighted by Crippen LogP contribution is 2.24. The zero-order chi connectivity index (χ0) is 15.6. The molecule has 0 aliphatic carbocycles. The second-order valence-corrected chi connectivity index (χ2v) is 4.97. The van der Waals surface area contributed by atoms with E-state index in [-0.39, 0.29) is 18.8 Å². The molecule has 1 saturated heterocycles. The summed E-state index contributed by atoms with van der Waals surface area (Å²) in [7, 11) is 1.43. The van der Waals surface area contributed by atoms with Gasteiger partial charge in [-0.15, -0.1) is 0 Å². The van der Waals surface area contributed by atoms with Gasteiger partial charge in [0.25, 0.3) is 11.6 Å². The van der Waals surface area contributed by atoms with Gasteiger partial charge in [-0.05, 0) is 6.92 Å². The Hall–Kier alpha value is -2.48. The van der Waals surface area contributed by atoms with Crippen molar-refractivity contribution in [2.75, 3.05) is 13.7 Å². The van der Waals surface area contributed by atoms with Gasteiger partial charge in [0.2, 0.25) is 0 Å². The van der Waals surface area contributed by atoms with Crippen LogP contribution in [0, 0.1) is 10.1 Å². The average Bonchev–Trinajstić information content (AvgIpc) is 2.63. The summed E-state index contributed by atoms with van der Waals surface area (Å²) in [6.07, 6.45) is 0. The molecule has 0 saturated carbocycles. The number of amides is 3. The average molecular weight is 293 g/mol. The van der Waals surface area contributed by atoms with Crippen molar-refractivity contribution < 1.29 is 19.2 Å². The van der Waals surface area contributed by atoms with Gasteiger partial charge in [0.1, 0.15) is 5.54 Å². The lowest BCUT2D eigenvalue weighted by Gasteiger charge is -2.20. The predicted molar refractivity (Wildman–Crippen MR) is 72.5 cm³/mol. The first kappa shape index (κ1) is 14.9. The number of para-hydroxylation sites is 1. The Bertz CT molecular complexity index is 603. The smallest absolute Gasteiger partial charge is 0.325 e.